The summed E-state index contributed by atoms with van der Waals surface area (Å²) in [6.45, 7) is 7.96. The van der Waals surface area contributed by atoms with Gasteiger partial charge in [-0.1, -0.05) is 30.3 Å². The number of nitrogens with one attached hydrogen (secondary N) is 2. The number of hydrogen-bond acceptors (Lipinski definition) is 5. The molecule has 2 N–H and O–H groups in total. The molecule has 2 heterocycles. The molecule has 28 heavy (non-hydrogen) atoms. The van der Waals surface area contributed by atoms with Crippen LogP contribution in [-0.4, -0.2) is 67.1 Å². The van der Waals surface area contributed by atoms with Gasteiger partial charge in [-0.05, 0) is 18.6 Å². The van der Waals surface area contributed by atoms with E-state index in [4.69, 9.17) is 0 Å². The van der Waals surface area contributed by atoms with Crippen molar-refractivity contribution in [2.75, 3.05) is 51.2 Å². The number of aromatic nitrogens is 2. The van der Waals surface area contributed by atoms with Crippen LogP contribution in [0.25, 0.3) is 0 Å². The molecule has 1 atom stereocenters. The molecule has 1 aliphatic rings. The van der Waals surface area contributed by atoms with Crippen molar-refractivity contribution in [2.45, 2.75) is 13.0 Å². The van der Waals surface area contributed by atoms with Gasteiger partial charge in [0.1, 0.15) is 0 Å². The lowest BCUT2D eigenvalue weighted by atomic mass is 10.1. The molecule has 0 radical (unpaired) electrons. The number of anilines is 1. The fourth-order valence-corrected chi connectivity index (χ4v) is 3.18. The van der Waals surface area contributed by atoms with Gasteiger partial charge < -0.3 is 15.5 Å². The second-order valence-electron chi connectivity index (χ2n) is 6.65. The predicted molar refractivity (Wildman–Crippen MR) is 125 cm³/mol. The van der Waals surface area contributed by atoms with E-state index in [-0.39, 0.29) is 30.0 Å². The van der Waals surface area contributed by atoms with Crippen molar-refractivity contribution in [2.24, 2.45) is 4.99 Å². The first-order valence-electron chi connectivity index (χ1n) is 9.52. The Morgan fingerprint density at radius 1 is 1.07 bits per heavy atom. The molecular weight excluding hydrogens is 465 g/mol. The van der Waals surface area contributed by atoms with Crippen LogP contribution >= 0.6 is 24.0 Å². The fraction of sp³-hybridized carbons (Fsp3) is 0.450. The van der Waals surface area contributed by atoms with Gasteiger partial charge in [-0.2, -0.15) is 0 Å². The van der Waals surface area contributed by atoms with Gasteiger partial charge in [-0.15, -0.1) is 24.0 Å². The van der Waals surface area contributed by atoms with Crippen LogP contribution in [0.1, 0.15) is 18.5 Å². The van der Waals surface area contributed by atoms with Gasteiger partial charge in [-0.25, -0.2) is 9.97 Å². The maximum atomic E-state index is 4.34. The summed E-state index contributed by atoms with van der Waals surface area (Å²) in [5.41, 5.74) is 1.25. The number of benzene rings is 1. The third-order valence-electron chi connectivity index (χ3n) is 4.80. The van der Waals surface area contributed by atoms with E-state index in [1.165, 1.54) is 5.56 Å². The number of nitrogens with zero attached hydrogens (tertiary/aromatic N) is 5. The van der Waals surface area contributed by atoms with Crippen molar-refractivity contribution < 1.29 is 0 Å². The third-order valence-corrected chi connectivity index (χ3v) is 4.80. The van der Waals surface area contributed by atoms with Crippen molar-refractivity contribution in [1.82, 2.24) is 25.5 Å². The van der Waals surface area contributed by atoms with Gasteiger partial charge in [0, 0.05) is 58.7 Å². The Morgan fingerprint density at radius 2 is 1.75 bits per heavy atom. The monoisotopic (exact) mass is 495 g/mol. The largest absolute Gasteiger partial charge is 0.355 e. The average molecular weight is 495 g/mol. The van der Waals surface area contributed by atoms with Crippen LogP contribution in [0.5, 0.6) is 0 Å². The summed E-state index contributed by atoms with van der Waals surface area (Å²) in [5.74, 6) is 1.66. The maximum Gasteiger partial charge on any atom is 0.225 e. The highest BCUT2D eigenvalue weighted by molar-refractivity contribution is 14.0. The number of hydrogen-bond donors (Lipinski definition) is 2. The first-order valence-corrected chi connectivity index (χ1v) is 9.52. The zero-order chi connectivity index (χ0) is 18.9. The van der Waals surface area contributed by atoms with Crippen molar-refractivity contribution in [3.05, 3.63) is 54.4 Å². The molecule has 2 aromatic rings. The lowest BCUT2D eigenvalue weighted by Crippen LogP contribution is -2.49. The molecular formula is C20H30IN7. The Morgan fingerprint density at radius 3 is 2.39 bits per heavy atom. The molecule has 7 nitrogen and oxygen atoms in total. The summed E-state index contributed by atoms with van der Waals surface area (Å²) in [5, 5.41) is 6.86. The minimum absolute atomic E-state index is 0. The van der Waals surface area contributed by atoms with Crippen LogP contribution in [0.15, 0.2) is 53.8 Å². The highest BCUT2D eigenvalue weighted by Gasteiger charge is 2.18. The van der Waals surface area contributed by atoms with Crippen LogP contribution < -0.4 is 15.5 Å². The lowest BCUT2D eigenvalue weighted by Gasteiger charge is -2.34. The van der Waals surface area contributed by atoms with Crippen LogP contribution in [0.3, 0.4) is 0 Å². The van der Waals surface area contributed by atoms with Gasteiger partial charge in [-0.3, -0.25) is 9.89 Å². The number of rotatable bonds is 6. The van der Waals surface area contributed by atoms with Gasteiger partial charge in [0.2, 0.25) is 5.95 Å². The lowest BCUT2D eigenvalue weighted by molar-refractivity contribution is 0.260. The molecule has 0 aliphatic carbocycles. The predicted octanol–water partition coefficient (Wildman–Crippen LogP) is 2.14. The zero-order valence-corrected chi connectivity index (χ0v) is 18.9. The molecule has 0 bridgehead atoms. The van der Waals surface area contributed by atoms with E-state index in [1.807, 2.05) is 19.2 Å². The van der Waals surface area contributed by atoms with Gasteiger partial charge in [0.05, 0.1) is 6.04 Å². The number of halogens is 1. The highest BCUT2D eigenvalue weighted by atomic mass is 127. The standard InChI is InChI=1S/C20H29N7.HI/c1-17(18-7-4-3-5-8-18)25-19(21-2)22-11-12-26-13-15-27(16-14-26)20-23-9-6-10-24-20;/h3-10,17H,11-16H2,1-2H3,(H2,21,22,25);1H. The van der Waals surface area contributed by atoms with Crippen molar-refractivity contribution in [1.29, 1.82) is 0 Å². The average Bonchev–Trinajstić information content (AvgIpc) is 2.74. The molecule has 8 heteroatoms. The smallest absolute Gasteiger partial charge is 0.225 e. The van der Waals surface area contributed by atoms with Crippen LogP contribution in [0.4, 0.5) is 5.95 Å². The van der Waals surface area contributed by atoms with Crippen molar-refractivity contribution >= 4 is 35.9 Å². The summed E-state index contributed by atoms with van der Waals surface area (Å²) in [7, 11) is 1.81. The molecule has 0 spiro atoms. The quantitative estimate of drug-likeness (QED) is 0.364. The van der Waals surface area contributed by atoms with E-state index in [1.54, 1.807) is 12.4 Å². The highest BCUT2D eigenvalue weighted by Crippen LogP contribution is 2.11. The molecule has 1 aromatic heterocycles. The molecule has 0 saturated carbocycles. The van der Waals surface area contributed by atoms with E-state index >= 15 is 0 Å². The van der Waals surface area contributed by atoms with Gasteiger partial charge in [0.15, 0.2) is 5.96 Å². The molecule has 152 valence electrons. The second-order valence-corrected chi connectivity index (χ2v) is 6.65. The van der Waals surface area contributed by atoms with E-state index in [2.05, 4.69) is 66.6 Å². The number of aliphatic imine (C=N–C) groups is 1. The maximum absolute atomic E-state index is 4.34. The van der Waals surface area contributed by atoms with Crippen LogP contribution in [0.2, 0.25) is 0 Å². The minimum Gasteiger partial charge on any atom is -0.355 e. The van der Waals surface area contributed by atoms with Crippen LogP contribution in [-0.2, 0) is 0 Å². The summed E-state index contributed by atoms with van der Waals surface area (Å²) in [6.07, 6.45) is 3.60. The third kappa shape index (κ3) is 6.59. The first kappa shape index (κ1) is 22.4. The van der Waals surface area contributed by atoms with E-state index < -0.39 is 0 Å². The molecule has 1 aliphatic heterocycles. The number of guanidine groups is 1. The molecule has 1 aromatic carbocycles. The van der Waals surface area contributed by atoms with E-state index in [0.29, 0.717) is 0 Å². The van der Waals surface area contributed by atoms with Crippen molar-refractivity contribution in [3.8, 4) is 0 Å². The Labute approximate surface area is 184 Å². The SMILES string of the molecule is CN=C(NCCN1CCN(c2ncccn2)CC1)NC(C)c1ccccc1.I. The van der Waals surface area contributed by atoms with Gasteiger partial charge >= 0.3 is 0 Å². The Hall–Kier alpha value is -1.94. The molecule has 0 amide bonds. The number of piperazine rings is 1. The summed E-state index contributed by atoms with van der Waals surface area (Å²) in [6, 6.07) is 12.5. The Bertz CT molecular complexity index is 703. The Balaban J connectivity index is 0.00000280. The fourth-order valence-electron chi connectivity index (χ4n) is 3.18. The van der Waals surface area contributed by atoms with Crippen LogP contribution in [0, 0.1) is 0 Å². The van der Waals surface area contributed by atoms with E-state index in [0.717, 1.165) is 51.2 Å². The minimum atomic E-state index is 0. The molecule has 1 saturated heterocycles. The summed E-state index contributed by atoms with van der Waals surface area (Å²) in [4.78, 5) is 17.7. The normalized spacial score (nSPS) is 16.2. The summed E-state index contributed by atoms with van der Waals surface area (Å²) < 4.78 is 0. The molecule has 1 unspecified atom stereocenters. The van der Waals surface area contributed by atoms with Crippen molar-refractivity contribution in [3.63, 3.8) is 0 Å². The topological polar surface area (TPSA) is 68.7 Å². The zero-order valence-electron chi connectivity index (χ0n) is 16.6. The molecule has 3 rings (SSSR count). The Kier molecular flexibility index (Phi) is 9.42. The van der Waals surface area contributed by atoms with E-state index in [9.17, 15) is 0 Å². The second kappa shape index (κ2) is 11.8. The van der Waals surface area contributed by atoms with Gasteiger partial charge in [0.25, 0.3) is 0 Å². The molecule has 1 fully saturated rings. The first-order chi connectivity index (χ1) is 13.3. The summed E-state index contributed by atoms with van der Waals surface area (Å²) >= 11 is 0.